The van der Waals surface area contributed by atoms with Crippen molar-refractivity contribution < 1.29 is 14.6 Å². The number of hydrogen-bond acceptors (Lipinski definition) is 6. The number of nitrogens with zero attached hydrogens (tertiary/aromatic N) is 3. The van der Waals surface area contributed by atoms with Gasteiger partial charge in [0.05, 0.1) is 18.4 Å². The molecule has 1 heterocycles. The Kier molecular flexibility index (Phi) is 8.48. The van der Waals surface area contributed by atoms with Gasteiger partial charge in [-0.25, -0.2) is 4.68 Å². The van der Waals surface area contributed by atoms with Gasteiger partial charge in [0.15, 0.2) is 5.82 Å². The van der Waals surface area contributed by atoms with Crippen LogP contribution in [0.15, 0.2) is 78.9 Å². The first kappa shape index (κ1) is 24.4. The van der Waals surface area contributed by atoms with Crippen LogP contribution in [0.5, 0.6) is 6.01 Å². The number of aliphatic hydroxyl groups is 1. The van der Waals surface area contributed by atoms with Gasteiger partial charge in [-0.2, -0.15) is 4.98 Å². The summed E-state index contributed by atoms with van der Waals surface area (Å²) in [5, 5.41) is 18.3. The zero-order valence-electron chi connectivity index (χ0n) is 20.2. The quantitative estimate of drug-likeness (QED) is 0.292. The molecule has 0 bridgehead atoms. The second kappa shape index (κ2) is 12.1. The Labute approximate surface area is 206 Å². The van der Waals surface area contributed by atoms with Gasteiger partial charge >= 0.3 is 6.01 Å². The molecule has 0 saturated carbocycles. The standard InChI is InChI=1S/C28H32N4O3/c1-3-34-17-18-35-28-30-27(23-11-9-21(2)10-12-23)32(31-28)25-15-13-24(14-16-25)29-20-26(33)19-22-7-5-4-6-8-22/h4-16,26,29,33H,3,17-20H2,1-2H3/t26-/m1/s1. The number of nitrogens with one attached hydrogen (secondary N) is 1. The van der Waals surface area contributed by atoms with E-state index in [4.69, 9.17) is 9.47 Å². The maximum absolute atomic E-state index is 10.4. The summed E-state index contributed by atoms with van der Waals surface area (Å²) >= 11 is 0. The monoisotopic (exact) mass is 472 g/mol. The van der Waals surface area contributed by atoms with Crippen LogP contribution in [-0.4, -0.2) is 52.3 Å². The third-order valence-corrected chi connectivity index (χ3v) is 5.53. The van der Waals surface area contributed by atoms with Crippen molar-refractivity contribution in [1.29, 1.82) is 0 Å². The van der Waals surface area contributed by atoms with Crippen LogP contribution < -0.4 is 10.1 Å². The van der Waals surface area contributed by atoms with Crippen LogP contribution in [0.2, 0.25) is 0 Å². The summed E-state index contributed by atoms with van der Waals surface area (Å²) in [6.07, 6.45) is 0.133. The molecule has 3 aromatic carbocycles. The highest BCUT2D eigenvalue weighted by Crippen LogP contribution is 2.25. The fraction of sp³-hybridized carbons (Fsp3) is 0.286. The van der Waals surface area contributed by atoms with E-state index in [0.717, 1.165) is 22.5 Å². The highest BCUT2D eigenvalue weighted by Gasteiger charge is 2.15. The van der Waals surface area contributed by atoms with Crippen LogP contribution in [0, 0.1) is 6.92 Å². The van der Waals surface area contributed by atoms with Gasteiger partial charge in [-0.1, -0.05) is 60.2 Å². The lowest BCUT2D eigenvalue weighted by Crippen LogP contribution is -2.21. The summed E-state index contributed by atoms with van der Waals surface area (Å²) in [6, 6.07) is 26.4. The third-order valence-electron chi connectivity index (χ3n) is 5.53. The van der Waals surface area contributed by atoms with Crippen molar-refractivity contribution in [1.82, 2.24) is 14.8 Å². The largest absolute Gasteiger partial charge is 0.460 e. The number of hydrogen-bond donors (Lipinski definition) is 2. The minimum Gasteiger partial charge on any atom is -0.460 e. The molecule has 1 atom stereocenters. The number of aryl methyl sites for hydroxylation is 1. The SMILES string of the molecule is CCOCCOc1nc(-c2ccc(C)cc2)n(-c2ccc(NC[C@H](O)Cc3ccccc3)cc2)n1. The van der Waals surface area contributed by atoms with E-state index in [0.29, 0.717) is 44.6 Å². The average molecular weight is 473 g/mol. The fourth-order valence-corrected chi connectivity index (χ4v) is 3.67. The highest BCUT2D eigenvalue weighted by atomic mass is 16.5. The van der Waals surface area contributed by atoms with E-state index in [-0.39, 0.29) is 0 Å². The lowest BCUT2D eigenvalue weighted by molar-refractivity contribution is 0.106. The van der Waals surface area contributed by atoms with E-state index in [1.807, 2.05) is 73.7 Å². The Hall–Kier alpha value is -3.68. The van der Waals surface area contributed by atoms with Crippen molar-refractivity contribution in [2.45, 2.75) is 26.4 Å². The summed E-state index contributed by atoms with van der Waals surface area (Å²) in [6.45, 7) is 5.98. The molecule has 0 aliphatic carbocycles. The molecular weight excluding hydrogens is 440 g/mol. The van der Waals surface area contributed by atoms with Crippen LogP contribution in [0.1, 0.15) is 18.1 Å². The van der Waals surface area contributed by atoms with E-state index >= 15 is 0 Å². The first-order valence-corrected chi connectivity index (χ1v) is 11.9. The van der Waals surface area contributed by atoms with Gasteiger partial charge in [-0.05, 0) is 43.7 Å². The summed E-state index contributed by atoms with van der Waals surface area (Å²) in [5.74, 6) is 0.704. The molecule has 0 fully saturated rings. The van der Waals surface area contributed by atoms with Crippen LogP contribution in [-0.2, 0) is 11.2 Å². The van der Waals surface area contributed by atoms with Gasteiger partial charge in [-0.3, -0.25) is 0 Å². The molecule has 0 aliphatic rings. The molecule has 7 nitrogen and oxygen atoms in total. The Morgan fingerprint density at radius 1 is 0.943 bits per heavy atom. The van der Waals surface area contributed by atoms with Crippen LogP contribution in [0.25, 0.3) is 17.1 Å². The van der Waals surface area contributed by atoms with Crippen LogP contribution in [0.4, 0.5) is 5.69 Å². The maximum Gasteiger partial charge on any atom is 0.336 e. The normalized spacial score (nSPS) is 11.9. The third kappa shape index (κ3) is 6.91. The lowest BCUT2D eigenvalue weighted by Gasteiger charge is -2.13. The van der Waals surface area contributed by atoms with E-state index in [1.165, 1.54) is 5.56 Å². The molecule has 0 unspecified atom stereocenters. The number of rotatable bonds is 12. The molecule has 35 heavy (non-hydrogen) atoms. The molecule has 1 aromatic heterocycles. The molecule has 4 rings (SSSR count). The van der Waals surface area contributed by atoms with E-state index < -0.39 is 6.10 Å². The average Bonchev–Trinajstić information content (AvgIpc) is 3.31. The number of aromatic nitrogens is 3. The molecular formula is C28H32N4O3. The molecule has 2 N–H and O–H groups in total. The molecule has 4 aromatic rings. The lowest BCUT2D eigenvalue weighted by atomic mass is 10.1. The summed E-state index contributed by atoms with van der Waals surface area (Å²) in [5.41, 5.74) is 5.03. The minimum absolute atomic E-state index is 0.312. The Bertz CT molecular complexity index is 1180. The van der Waals surface area contributed by atoms with E-state index in [2.05, 4.69) is 34.5 Å². The van der Waals surface area contributed by atoms with Crippen molar-refractivity contribution in [2.24, 2.45) is 0 Å². The summed E-state index contributed by atoms with van der Waals surface area (Å²) < 4.78 is 12.9. The molecule has 0 aliphatic heterocycles. The topological polar surface area (TPSA) is 81.4 Å². The summed E-state index contributed by atoms with van der Waals surface area (Å²) in [4.78, 5) is 4.63. The molecule has 0 amide bonds. The second-order valence-electron chi connectivity index (χ2n) is 8.31. The second-order valence-corrected chi connectivity index (χ2v) is 8.31. The number of benzene rings is 3. The molecule has 7 heteroatoms. The zero-order valence-corrected chi connectivity index (χ0v) is 20.2. The van der Waals surface area contributed by atoms with Gasteiger partial charge in [0, 0.05) is 30.8 Å². The first-order valence-electron chi connectivity index (χ1n) is 11.9. The minimum atomic E-state index is -0.475. The van der Waals surface area contributed by atoms with Crippen LogP contribution in [0.3, 0.4) is 0 Å². The van der Waals surface area contributed by atoms with Gasteiger partial charge in [-0.15, -0.1) is 5.10 Å². The molecule has 0 spiro atoms. The molecule has 182 valence electrons. The van der Waals surface area contributed by atoms with Crippen molar-refractivity contribution in [3.05, 3.63) is 90.0 Å². The Morgan fingerprint density at radius 2 is 1.69 bits per heavy atom. The number of aliphatic hydroxyl groups excluding tert-OH is 1. The van der Waals surface area contributed by atoms with Gasteiger partial charge in [0.1, 0.15) is 6.61 Å². The zero-order chi connectivity index (χ0) is 24.5. The predicted octanol–water partition coefficient (Wildman–Crippen LogP) is 4.67. The first-order chi connectivity index (χ1) is 17.1. The smallest absolute Gasteiger partial charge is 0.336 e. The summed E-state index contributed by atoms with van der Waals surface area (Å²) in [7, 11) is 0. The Balaban J connectivity index is 1.46. The molecule has 0 radical (unpaired) electrons. The van der Waals surface area contributed by atoms with Gasteiger partial charge in [0.25, 0.3) is 0 Å². The van der Waals surface area contributed by atoms with Crippen molar-refractivity contribution in [2.75, 3.05) is 31.7 Å². The van der Waals surface area contributed by atoms with Crippen molar-refractivity contribution in [3.63, 3.8) is 0 Å². The van der Waals surface area contributed by atoms with Gasteiger partial charge < -0.3 is 19.9 Å². The maximum atomic E-state index is 10.4. The van der Waals surface area contributed by atoms with E-state index in [1.54, 1.807) is 4.68 Å². The van der Waals surface area contributed by atoms with E-state index in [9.17, 15) is 5.11 Å². The Morgan fingerprint density at radius 3 is 2.40 bits per heavy atom. The highest BCUT2D eigenvalue weighted by molar-refractivity contribution is 5.60. The van der Waals surface area contributed by atoms with Crippen molar-refractivity contribution in [3.8, 4) is 23.1 Å². The number of ether oxygens (including phenoxy) is 2. The van der Waals surface area contributed by atoms with Crippen LogP contribution >= 0.6 is 0 Å². The van der Waals surface area contributed by atoms with Gasteiger partial charge in [0.2, 0.25) is 0 Å². The fourth-order valence-electron chi connectivity index (χ4n) is 3.67. The predicted molar refractivity (Wildman–Crippen MR) is 138 cm³/mol. The number of anilines is 1. The molecule has 0 saturated heterocycles. The van der Waals surface area contributed by atoms with Crippen molar-refractivity contribution >= 4 is 5.69 Å².